The van der Waals surface area contributed by atoms with E-state index in [2.05, 4.69) is 34.6 Å². The molecule has 81 heavy (non-hydrogen) atoms. The normalized spacial score (nSPS) is 14.3. The van der Waals surface area contributed by atoms with Crippen LogP contribution in [0.15, 0.2) is 0 Å². The number of phosphoric acid groups is 2. The number of unbranched alkanes of at least 4 members (excludes halogenated alkanes) is 34. The molecule has 3 N–H and O–H groups in total. The maximum Gasteiger partial charge on any atom is 0.472 e. The molecule has 0 bridgehead atoms. The molecule has 0 aromatic rings. The van der Waals surface area contributed by atoms with Gasteiger partial charge in [-0.15, -0.1) is 0 Å². The Morgan fingerprint density at radius 1 is 0.333 bits per heavy atom. The molecule has 0 saturated heterocycles. The van der Waals surface area contributed by atoms with E-state index in [0.717, 1.165) is 109 Å². The Kier molecular flexibility index (Phi) is 54.6. The molecule has 0 aliphatic rings. The van der Waals surface area contributed by atoms with Gasteiger partial charge >= 0.3 is 39.5 Å². The van der Waals surface area contributed by atoms with Gasteiger partial charge in [0.05, 0.1) is 26.4 Å². The molecule has 0 saturated carbocycles. The van der Waals surface area contributed by atoms with Crippen molar-refractivity contribution in [3.63, 3.8) is 0 Å². The number of aliphatic hydroxyl groups excluding tert-OH is 1. The van der Waals surface area contributed by atoms with Gasteiger partial charge in [-0.3, -0.25) is 37.3 Å². The van der Waals surface area contributed by atoms with Gasteiger partial charge < -0.3 is 33.8 Å². The SMILES string of the molecule is CCCCCCCCCCCCCCCC(=O)O[C@H](COC(=O)CCCCCCCCCCC(C)C)COP(=O)(O)OC[C@@H](O)COP(=O)(O)OC[C@@H](COC(=O)CCCCCCCCC)OC(=O)CCCCCCCCCCCC. The molecule has 0 heterocycles. The standard InChI is InChI=1S/C62H120O17P2/c1-6-9-12-15-18-20-22-23-24-26-33-38-43-48-62(67)79-58(52-73-60(65)46-41-36-31-28-27-30-34-39-44-55(4)5)54-77-81(70,71)75-50-56(63)49-74-80(68,69)76-53-57(51-72-59(64)45-40-35-29-17-14-11-8-3)78-61(66)47-42-37-32-25-21-19-16-13-10-7-2/h55-58,63H,6-54H2,1-5H3,(H,68,69)(H,70,71)/t56-,57+,58+/m0/s1. The summed E-state index contributed by atoms with van der Waals surface area (Å²) < 4.78 is 67.8. The van der Waals surface area contributed by atoms with Crippen LogP contribution in [-0.2, 0) is 65.4 Å². The smallest absolute Gasteiger partial charge is 0.462 e. The summed E-state index contributed by atoms with van der Waals surface area (Å²) in [6.45, 7) is 7.10. The first-order valence-electron chi connectivity index (χ1n) is 32.6. The van der Waals surface area contributed by atoms with Crippen molar-refractivity contribution in [2.45, 2.75) is 329 Å². The summed E-state index contributed by atoms with van der Waals surface area (Å²) in [4.78, 5) is 72.0. The van der Waals surface area contributed by atoms with Gasteiger partial charge in [0.2, 0.25) is 0 Å². The van der Waals surface area contributed by atoms with E-state index >= 15 is 0 Å². The fraction of sp³-hybridized carbons (Fsp3) is 0.935. The van der Waals surface area contributed by atoms with Gasteiger partial charge in [0, 0.05) is 25.7 Å². The average molecular weight is 1200 g/mol. The minimum atomic E-state index is -4.94. The minimum Gasteiger partial charge on any atom is -0.462 e. The highest BCUT2D eigenvalue weighted by Crippen LogP contribution is 2.45. The Morgan fingerprint density at radius 2 is 0.568 bits per heavy atom. The molecular formula is C62H120O17P2. The van der Waals surface area contributed by atoms with Gasteiger partial charge in [-0.2, -0.15) is 0 Å². The van der Waals surface area contributed by atoms with Gasteiger partial charge in [0.1, 0.15) is 19.3 Å². The van der Waals surface area contributed by atoms with Crippen LogP contribution in [0, 0.1) is 5.92 Å². The summed E-state index contributed by atoms with van der Waals surface area (Å²) in [5.41, 5.74) is 0. The topological polar surface area (TPSA) is 237 Å². The molecule has 17 nitrogen and oxygen atoms in total. The number of aliphatic hydroxyl groups is 1. The van der Waals surface area contributed by atoms with Gasteiger partial charge in [-0.1, -0.05) is 259 Å². The molecule has 0 spiro atoms. The van der Waals surface area contributed by atoms with Crippen LogP contribution in [0.25, 0.3) is 0 Å². The van der Waals surface area contributed by atoms with Crippen molar-refractivity contribution in [2.24, 2.45) is 5.92 Å². The van der Waals surface area contributed by atoms with Crippen LogP contribution in [0.1, 0.15) is 311 Å². The van der Waals surface area contributed by atoms with E-state index < -0.39 is 97.5 Å². The number of carbonyl (C=O) groups excluding carboxylic acids is 4. The molecule has 480 valence electrons. The first-order valence-corrected chi connectivity index (χ1v) is 35.6. The zero-order chi connectivity index (χ0) is 59.9. The van der Waals surface area contributed by atoms with Crippen molar-refractivity contribution in [1.82, 2.24) is 0 Å². The van der Waals surface area contributed by atoms with Crippen molar-refractivity contribution < 1.29 is 80.2 Å². The van der Waals surface area contributed by atoms with Crippen LogP contribution in [0.5, 0.6) is 0 Å². The van der Waals surface area contributed by atoms with Crippen molar-refractivity contribution in [3.8, 4) is 0 Å². The highest BCUT2D eigenvalue weighted by molar-refractivity contribution is 7.47. The molecule has 0 aromatic carbocycles. The molecular weight excluding hydrogens is 1080 g/mol. The van der Waals surface area contributed by atoms with Crippen molar-refractivity contribution in [1.29, 1.82) is 0 Å². The van der Waals surface area contributed by atoms with Gasteiger partial charge in [-0.05, 0) is 31.6 Å². The molecule has 0 aliphatic heterocycles. The van der Waals surface area contributed by atoms with Gasteiger partial charge in [0.25, 0.3) is 0 Å². The summed E-state index contributed by atoms with van der Waals surface area (Å²) in [6.07, 6.45) is 39.0. The maximum absolute atomic E-state index is 13.0. The predicted octanol–water partition coefficient (Wildman–Crippen LogP) is 17.0. The number of carbonyl (C=O) groups is 4. The first kappa shape index (κ1) is 79.1. The molecule has 19 heteroatoms. The third-order valence-corrected chi connectivity index (χ3v) is 16.2. The monoisotopic (exact) mass is 1200 g/mol. The van der Waals surface area contributed by atoms with E-state index in [0.29, 0.717) is 25.7 Å². The van der Waals surface area contributed by atoms with E-state index in [-0.39, 0.29) is 25.7 Å². The van der Waals surface area contributed by atoms with E-state index in [4.69, 9.17) is 37.0 Å². The Hall–Kier alpha value is -1.94. The Morgan fingerprint density at radius 3 is 0.840 bits per heavy atom. The fourth-order valence-electron chi connectivity index (χ4n) is 9.23. The van der Waals surface area contributed by atoms with E-state index in [9.17, 15) is 43.2 Å². The highest BCUT2D eigenvalue weighted by atomic mass is 31.2. The number of phosphoric ester groups is 2. The molecule has 0 rings (SSSR count). The predicted molar refractivity (Wildman–Crippen MR) is 322 cm³/mol. The Balaban J connectivity index is 5.21. The van der Waals surface area contributed by atoms with E-state index in [1.54, 1.807) is 0 Å². The van der Waals surface area contributed by atoms with Gasteiger partial charge in [0.15, 0.2) is 12.2 Å². The maximum atomic E-state index is 13.0. The quantitative estimate of drug-likeness (QED) is 0.0222. The fourth-order valence-corrected chi connectivity index (χ4v) is 10.8. The molecule has 2 unspecified atom stereocenters. The number of rotatable bonds is 62. The summed E-state index contributed by atoms with van der Waals surface area (Å²) in [5, 5.41) is 10.5. The van der Waals surface area contributed by atoms with Crippen molar-refractivity contribution in [3.05, 3.63) is 0 Å². The van der Waals surface area contributed by atoms with E-state index in [1.165, 1.54) is 122 Å². The Labute approximate surface area is 492 Å². The number of hydrogen-bond acceptors (Lipinski definition) is 15. The second-order valence-electron chi connectivity index (χ2n) is 22.9. The Bertz CT molecular complexity index is 1580. The molecule has 0 amide bonds. The number of ether oxygens (including phenoxy) is 4. The largest absolute Gasteiger partial charge is 0.472 e. The van der Waals surface area contributed by atoms with Crippen LogP contribution in [0.3, 0.4) is 0 Å². The van der Waals surface area contributed by atoms with Crippen LogP contribution in [0.4, 0.5) is 0 Å². The van der Waals surface area contributed by atoms with Crippen LogP contribution in [-0.4, -0.2) is 96.7 Å². The van der Waals surface area contributed by atoms with Gasteiger partial charge in [-0.25, -0.2) is 9.13 Å². The second-order valence-corrected chi connectivity index (χ2v) is 25.8. The van der Waals surface area contributed by atoms with Crippen LogP contribution < -0.4 is 0 Å². The summed E-state index contributed by atoms with van der Waals surface area (Å²) in [7, 11) is -9.88. The summed E-state index contributed by atoms with van der Waals surface area (Å²) in [6, 6.07) is 0. The summed E-state index contributed by atoms with van der Waals surface area (Å²) in [5.74, 6) is -1.41. The second kappa shape index (κ2) is 55.9. The number of hydrogen-bond donors (Lipinski definition) is 3. The first-order chi connectivity index (χ1) is 39.0. The van der Waals surface area contributed by atoms with E-state index in [1.807, 2.05) is 0 Å². The molecule has 5 atom stereocenters. The van der Waals surface area contributed by atoms with Crippen molar-refractivity contribution >= 4 is 39.5 Å². The highest BCUT2D eigenvalue weighted by Gasteiger charge is 2.30. The lowest BCUT2D eigenvalue weighted by atomic mass is 10.0. The average Bonchev–Trinajstić information content (AvgIpc) is 3.43. The van der Waals surface area contributed by atoms with Crippen LogP contribution in [0.2, 0.25) is 0 Å². The zero-order valence-electron chi connectivity index (χ0n) is 51.9. The number of esters is 4. The zero-order valence-corrected chi connectivity index (χ0v) is 53.7. The molecule has 0 fully saturated rings. The summed E-state index contributed by atoms with van der Waals surface area (Å²) >= 11 is 0. The lowest BCUT2D eigenvalue weighted by Crippen LogP contribution is -2.30. The third kappa shape index (κ3) is 56.9. The van der Waals surface area contributed by atoms with Crippen LogP contribution >= 0.6 is 15.6 Å². The molecule has 0 aliphatic carbocycles. The lowest BCUT2D eigenvalue weighted by molar-refractivity contribution is -0.161. The lowest BCUT2D eigenvalue weighted by Gasteiger charge is -2.21. The molecule has 0 aromatic heterocycles. The minimum absolute atomic E-state index is 0.106. The molecule has 0 radical (unpaired) electrons. The third-order valence-electron chi connectivity index (χ3n) is 14.3. The van der Waals surface area contributed by atoms with Crippen molar-refractivity contribution in [2.75, 3.05) is 39.6 Å².